The molecule has 0 aromatic carbocycles. The molecule has 3 heterocycles. The Kier molecular flexibility index (Phi) is 2.88. The molecule has 3 aromatic rings. The summed E-state index contributed by atoms with van der Waals surface area (Å²) in [6, 6.07) is 2.28. The van der Waals surface area contributed by atoms with Crippen molar-refractivity contribution in [3.63, 3.8) is 0 Å². The van der Waals surface area contributed by atoms with E-state index < -0.39 is 0 Å². The van der Waals surface area contributed by atoms with Crippen molar-refractivity contribution in [2.24, 2.45) is 0 Å². The third kappa shape index (κ3) is 2.03. The molecule has 0 saturated heterocycles. The summed E-state index contributed by atoms with van der Waals surface area (Å²) in [5, 5.41) is 8.64. The van der Waals surface area contributed by atoms with Gasteiger partial charge in [0.1, 0.15) is 12.0 Å². The standard InChI is InChI=1S/C14H14N6O2/c1-21-13-10(6-15-14(18-13)22-2)11-5-9(8-3-4-8)12-16-7-17-20(12)19-11/h5-8H,3-4H2,1-2H3. The molecule has 22 heavy (non-hydrogen) atoms. The molecule has 1 aliphatic rings. The molecule has 3 aromatic heterocycles. The van der Waals surface area contributed by atoms with E-state index in [1.807, 2.05) is 6.07 Å². The Morgan fingerprint density at radius 2 is 2.05 bits per heavy atom. The number of methoxy groups -OCH3 is 2. The van der Waals surface area contributed by atoms with Crippen LogP contribution in [0.25, 0.3) is 16.9 Å². The molecule has 0 bridgehead atoms. The quantitative estimate of drug-likeness (QED) is 0.720. The summed E-state index contributed by atoms with van der Waals surface area (Å²) in [6.07, 6.45) is 5.50. The number of nitrogens with zero attached hydrogens (tertiary/aromatic N) is 6. The summed E-state index contributed by atoms with van der Waals surface area (Å²) in [5.74, 6) is 0.944. The summed E-state index contributed by atoms with van der Waals surface area (Å²) < 4.78 is 11.9. The van der Waals surface area contributed by atoms with Gasteiger partial charge in [-0.2, -0.15) is 4.98 Å². The van der Waals surface area contributed by atoms with Gasteiger partial charge >= 0.3 is 6.01 Å². The van der Waals surface area contributed by atoms with Gasteiger partial charge in [-0.25, -0.2) is 9.97 Å². The predicted molar refractivity (Wildman–Crippen MR) is 76.9 cm³/mol. The Labute approximate surface area is 126 Å². The van der Waals surface area contributed by atoms with Gasteiger partial charge in [-0.3, -0.25) is 0 Å². The van der Waals surface area contributed by atoms with E-state index in [-0.39, 0.29) is 6.01 Å². The van der Waals surface area contributed by atoms with Crippen LogP contribution in [0.1, 0.15) is 24.3 Å². The first kappa shape index (κ1) is 12.9. The van der Waals surface area contributed by atoms with Gasteiger partial charge in [0.25, 0.3) is 0 Å². The minimum absolute atomic E-state index is 0.254. The van der Waals surface area contributed by atoms with E-state index >= 15 is 0 Å². The molecule has 0 aliphatic heterocycles. The summed E-state index contributed by atoms with van der Waals surface area (Å²) in [4.78, 5) is 12.6. The fourth-order valence-electron chi connectivity index (χ4n) is 2.45. The highest BCUT2D eigenvalue weighted by molar-refractivity contribution is 5.67. The van der Waals surface area contributed by atoms with Crippen molar-refractivity contribution < 1.29 is 9.47 Å². The summed E-state index contributed by atoms with van der Waals surface area (Å²) in [6.45, 7) is 0. The van der Waals surface area contributed by atoms with Gasteiger partial charge in [0.05, 0.1) is 19.8 Å². The van der Waals surface area contributed by atoms with Crippen molar-refractivity contribution in [3.8, 4) is 23.1 Å². The second kappa shape index (κ2) is 4.90. The van der Waals surface area contributed by atoms with Crippen molar-refractivity contribution in [3.05, 3.63) is 24.2 Å². The van der Waals surface area contributed by atoms with Crippen molar-refractivity contribution in [2.45, 2.75) is 18.8 Å². The molecular weight excluding hydrogens is 284 g/mol. The highest BCUT2D eigenvalue weighted by atomic mass is 16.5. The third-order valence-electron chi connectivity index (χ3n) is 3.68. The molecule has 0 radical (unpaired) electrons. The van der Waals surface area contributed by atoms with Gasteiger partial charge in [-0.1, -0.05) is 0 Å². The Hall–Kier alpha value is -2.77. The summed E-state index contributed by atoms with van der Waals surface area (Å²) in [7, 11) is 3.07. The largest absolute Gasteiger partial charge is 0.480 e. The molecule has 1 saturated carbocycles. The SMILES string of the molecule is COc1ncc(-c2cc(C3CC3)c3ncnn3n2)c(OC)n1. The van der Waals surface area contributed by atoms with E-state index in [0.29, 0.717) is 23.1 Å². The fourth-order valence-corrected chi connectivity index (χ4v) is 2.45. The van der Waals surface area contributed by atoms with E-state index in [0.717, 1.165) is 11.2 Å². The van der Waals surface area contributed by atoms with Crippen molar-refractivity contribution in [2.75, 3.05) is 14.2 Å². The number of ether oxygens (including phenoxy) is 2. The van der Waals surface area contributed by atoms with E-state index in [1.54, 1.807) is 17.9 Å². The minimum Gasteiger partial charge on any atom is -0.480 e. The van der Waals surface area contributed by atoms with Gasteiger partial charge in [0.2, 0.25) is 5.88 Å². The molecule has 0 atom stereocenters. The van der Waals surface area contributed by atoms with E-state index in [9.17, 15) is 0 Å². The highest BCUT2D eigenvalue weighted by Gasteiger charge is 2.28. The number of rotatable bonds is 4. The Bertz CT molecular complexity index is 842. The minimum atomic E-state index is 0.254. The maximum atomic E-state index is 5.34. The van der Waals surface area contributed by atoms with Crippen LogP contribution in [0.5, 0.6) is 11.9 Å². The molecule has 1 fully saturated rings. The maximum absolute atomic E-state index is 5.34. The van der Waals surface area contributed by atoms with Crippen LogP contribution in [-0.2, 0) is 0 Å². The zero-order valence-electron chi connectivity index (χ0n) is 12.2. The van der Waals surface area contributed by atoms with Crippen molar-refractivity contribution >= 4 is 5.65 Å². The average molecular weight is 298 g/mol. The molecule has 112 valence electrons. The van der Waals surface area contributed by atoms with Crippen LogP contribution in [0.2, 0.25) is 0 Å². The molecule has 0 N–H and O–H groups in total. The second-order valence-electron chi connectivity index (χ2n) is 5.11. The molecule has 8 nitrogen and oxygen atoms in total. The van der Waals surface area contributed by atoms with Gasteiger partial charge in [-0.05, 0) is 24.8 Å². The Morgan fingerprint density at radius 1 is 1.18 bits per heavy atom. The first-order valence-electron chi connectivity index (χ1n) is 6.96. The first-order chi connectivity index (χ1) is 10.8. The van der Waals surface area contributed by atoms with Crippen molar-refractivity contribution in [1.29, 1.82) is 0 Å². The molecule has 0 amide bonds. The smallest absolute Gasteiger partial charge is 0.319 e. The van der Waals surface area contributed by atoms with Gasteiger partial charge in [-0.15, -0.1) is 14.8 Å². The monoisotopic (exact) mass is 298 g/mol. The summed E-state index contributed by atoms with van der Waals surface area (Å²) >= 11 is 0. The van der Waals surface area contributed by atoms with Gasteiger partial charge in [0, 0.05) is 11.8 Å². The van der Waals surface area contributed by atoms with E-state index in [2.05, 4.69) is 25.1 Å². The number of hydrogen-bond acceptors (Lipinski definition) is 7. The molecule has 1 aliphatic carbocycles. The lowest BCUT2D eigenvalue weighted by Gasteiger charge is -2.09. The normalized spacial score (nSPS) is 14.3. The molecule has 0 unspecified atom stereocenters. The number of hydrogen-bond donors (Lipinski definition) is 0. The topological polar surface area (TPSA) is 87.3 Å². The lowest BCUT2D eigenvalue weighted by molar-refractivity contribution is 0.353. The van der Waals surface area contributed by atoms with Crippen LogP contribution < -0.4 is 9.47 Å². The third-order valence-corrected chi connectivity index (χ3v) is 3.68. The number of aromatic nitrogens is 6. The highest BCUT2D eigenvalue weighted by Crippen LogP contribution is 2.42. The second-order valence-corrected chi connectivity index (χ2v) is 5.11. The van der Waals surface area contributed by atoms with Crippen LogP contribution in [0.4, 0.5) is 0 Å². The van der Waals surface area contributed by atoms with Crippen LogP contribution in [0, 0.1) is 0 Å². The zero-order valence-corrected chi connectivity index (χ0v) is 12.2. The molecular formula is C14H14N6O2. The average Bonchev–Trinajstić information content (AvgIpc) is 3.30. The first-order valence-corrected chi connectivity index (χ1v) is 6.96. The lowest BCUT2D eigenvalue weighted by Crippen LogP contribution is -2.03. The van der Waals surface area contributed by atoms with Crippen LogP contribution in [0.15, 0.2) is 18.6 Å². The molecule has 4 rings (SSSR count). The zero-order chi connectivity index (χ0) is 15.1. The van der Waals surface area contributed by atoms with E-state index in [1.165, 1.54) is 26.3 Å². The fraction of sp³-hybridized carbons (Fsp3) is 0.357. The van der Waals surface area contributed by atoms with Gasteiger partial charge in [0.15, 0.2) is 5.65 Å². The Balaban J connectivity index is 1.90. The van der Waals surface area contributed by atoms with E-state index in [4.69, 9.17) is 9.47 Å². The lowest BCUT2D eigenvalue weighted by atomic mass is 10.1. The predicted octanol–water partition coefficient (Wildman–Crippen LogP) is 1.48. The van der Waals surface area contributed by atoms with Gasteiger partial charge < -0.3 is 9.47 Å². The Morgan fingerprint density at radius 3 is 2.77 bits per heavy atom. The molecule has 8 heteroatoms. The number of fused-ring (bicyclic) bond motifs is 1. The van der Waals surface area contributed by atoms with Crippen molar-refractivity contribution in [1.82, 2.24) is 29.8 Å². The summed E-state index contributed by atoms with van der Waals surface area (Å²) in [5.41, 5.74) is 3.36. The van der Waals surface area contributed by atoms with Crippen LogP contribution in [0.3, 0.4) is 0 Å². The maximum Gasteiger partial charge on any atom is 0.319 e. The van der Waals surface area contributed by atoms with Crippen LogP contribution in [-0.4, -0.2) is 44.0 Å². The molecule has 0 spiro atoms. The van der Waals surface area contributed by atoms with Crippen LogP contribution >= 0.6 is 0 Å².